The number of esters is 2. The lowest BCUT2D eigenvalue weighted by atomic mass is 9.66. The Hall–Kier alpha value is -1.91. The molecule has 0 aromatic carbocycles. The van der Waals surface area contributed by atoms with Gasteiger partial charge < -0.3 is 9.47 Å². The summed E-state index contributed by atoms with van der Waals surface area (Å²) < 4.78 is 11.5. The Morgan fingerprint density at radius 1 is 1.36 bits per heavy atom. The van der Waals surface area contributed by atoms with E-state index in [4.69, 9.17) is 9.47 Å². The van der Waals surface area contributed by atoms with Gasteiger partial charge in [0.15, 0.2) is 5.78 Å². The highest BCUT2D eigenvalue weighted by Gasteiger charge is 2.62. The molecular formula is C20H26O5. The number of hydrogen-bond donors (Lipinski definition) is 0. The van der Waals surface area contributed by atoms with E-state index in [2.05, 4.69) is 6.92 Å². The van der Waals surface area contributed by atoms with Gasteiger partial charge >= 0.3 is 11.9 Å². The molecule has 1 saturated carbocycles. The van der Waals surface area contributed by atoms with E-state index >= 15 is 0 Å². The van der Waals surface area contributed by atoms with Crippen LogP contribution in [0.5, 0.6) is 0 Å². The van der Waals surface area contributed by atoms with Crippen LogP contribution in [0.1, 0.15) is 41.0 Å². The Balaban J connectivity index is 2.07. The summed E-state index contributed by atoms with van der Waals surface area (Å²) in [6, 6.07) is 0. The average molecular weight is 346 g/mol. The van der Waals surface area contributed by atoms with Crippen LogP contribution in [0.3, 0.4) is 0 Å². The minimum absolute atomic E-state index is 0.0276. The van der Waals surface area contributed by atoms with Crippen molar-refractivity contribution in [2.75, 3.05) is 0 Å². The number of hydrogen-bond acceptors (Lipinski definition) is 5. The van der Waals surface area contributed by atoms with Crippen LogP contribution in [-0.4, -0.2) is 29.9 Å². The van der Waals surface area contributed by atoms with Crippen molar-refractivity contribution in [1.29, 1.82) is 0 Å². The summed E-state index contributed by atoms with van der Waals surface area (Å²) in [7, 11) is 0. The molecule has 5 nitrogen and oxygen atoms in total. The summed E-state index contributed by atoms with van der Waals surface area (Å²) in [5.74, 6) is -1.32. The number of ketones is 1. The second-order valence-corrected chi connectivity index (χ2v) is 7.88. The fraction of sp³-hybridized carbons (Fsp3) is 0.650. The van der Waals surface area contributed by atoms with Crippen LogP contribution in [0, 0.1) is 29.1 Å². The van der Waals surface area contributed by atoms with E-state index in [1.165, 1.54) is 0 Å². The molecule has 0 spiro atoms. The van der Waals surface area contributed by atoms with Crippen LogP contribution in [0.2, 0.25) is 0 Å². The molecule has 2 fully saturated rings. The van der Waals surface area contributed by atoms with Crippen molar-refractivity contribution in [3.8, 4) is 0 Å². The van der Waals surface area contributed by atoms with Crippen molar-refractivity contribution >= 4 is 17.7 Å². The van der Waals surface area contributed by atoms with Gasteiger partial charge in [0.25, 0.3) is 0 Å². The van der Waals surface area contributed by atoms with E-state index in [0.717, 1.165) is 0 Å². The Kier molecular flexibility index (Phi) is 4.38. The Labute approximate surface area is 148 Å². The van der Waals surface area contributed by atoms with Gasteiger partial charge in [0.05, 0.1) is 11.3 Å². The highest BCUT2D eigenvalue weighted by atomic mass is 16.6. The number of carbonyl (C=O) groups is 3. The topological polar surface area (TPSA) is 69.7 Å². The Morgan fingerprint density at radius 3 is 2.68 bits per heavy atom. The van der Waals surface area contributed by atoms with Gasteiger partial charge in [-0.05, 0) is 45.1 Å². The highest BCUT2D eigenvalue weighted by molar-refractivity contribution is 5.99. The van der Waals surface area contributed by atoms with Crippen molar-refractivity contribution in [3.05, 3.63) is 23.8 Å². The quantitative estimate of drug-likeness (QED) is 0.568. The van der Waals surface area contributed by atoms with E-state index in [-0.39, 0.29) is 35.6 Å². The van der Waals surface area contributed by atoms with E-state index in [1.54, 1.807) is 32.9 Å². The number of rotatable bonds is 2. The van der Waals surface area contributed by atoms with E-state index in [9.17, 15) is 14.4 Å². The lowest BCUT2D eigenvalue weighted by Crippen LogP contribution is -2.50. The van der Waals surface area contributed by atoms with Gasteiger partial charge in [-0.15, -0.1) is 0 Å². The van der Waals surface area contributed by atoms with Crippen LogP contribution in [0.25, 0.3) is 0 Å². The lowest BCUT2D eigenvalue weighted by Gasteiger charge is -2.40. The third-order valence-electron chi connectivity index (χ3n) is 6.47. The van der Waals surface area contributed by atoms with Gasteiger partial charge in [0.1, 0.15) is 12.2 Å². The van der Waals surface area contributed by atoms with Crippen LogP contribution in [0.15, 0.2) is 23.8 Å². The van der Waals surface area contributed by atoms with E-state index in [0.29, 0.717) is 12.0 Å². The molecule has 0 aromatic heterocycles. The fourth-order valence-electron chi connectivity index (χ4n) is 4.76. The highest BCUT2D eigenvalue weighted by Crippen LogP contribution is 2.54. The van der Waals surface area contributed by atoms with Crippen LogP contribution >= 0.6 is 0 Å². The second kappa shape index (κ2) is 6.11. The molecule has 1 saturated heterocycles. The first-order chi connectivity index (χ1) is 11.7. The molecular weight excluding hydrogens is 320 g/mol. The van der Waals surface area contributed by atoms with E-state index < -0.39 is 23.4 Å². The number of ether oxygens (including phenoxy) is 2. The summed E-state index contributed by atoms with van der Waals surface area (Å²) in [4.78, 5) is 37.5. The first-order valence-corrected chi connectivity index (χ1v) is 8.98. The summed E-state index contributed by atoms with van der Waals surface area (Å²) >= 11 is 0. The van der Waals surface area contributed by atoms with Crippen molar-refractivity contribution in [1.82, 2.24) is 0 Å². The third kappa shape index (κ3) is 2.55. The molecule has 25 heavy (non-hydrogen) atoms. The zero-order chi connectivity index (χ0) is 18.5. The summed E-state index contributed by atoms with van der Waals surface area (Å²) in [5.41, 5.74) is -0.365. The van der Waals surface area contributed by atoms with Crippen LogP contribution < -0.4 is 0 Å². The predicted molar refractivity (Wildman–Crippen MR) is 91.4 cm³/mol. The van der Waals surface area contributed by atoms with Gasteiger partial charge in [0, 0.05) is 11.5 Å². The zero-order valence-corrected chi connectivity index (χ0v) is 15.4. The Morgan fingerprint density at radius 2 is 2.04 bits per heavy atom. The maximum Gasteiger partial charge on any atom is 0.333 e. The molecule has 0 amide bonds. The molecule has 2 aliphatic carbocycles. The molecule has 3 aliphatic rings. The van der Waals surface area contributed by atoms with Crippen molar-refractivity contribution in [3.63, 3.8) is 0 Å². The monoisotopic (exact) mass is 346 g/mol. The SMILES string of the molecule is CC=C(C)C(=O)O[C@H]1[C@@H]2[C@H](C)C(=O)O[C@@H]2C[C@@H](C)[C@@H]2C=CC(=O)[C@]21C. The van der Waals surface area contributed by atoms with Gasteiger partial charge in [-0.2, -0.15) is 0 Å². The van der Waals surface area contributed by atoms with Crippen molar-refractivity contribution < 1.29 is 23.9 Å². The zero-order valence-electron chi connectivity index (χ0n) is 15.4. The van der Waals surface area contributed by atoms with Crippen LogP contribution in [-0.2, 0) is 23.9 Å². The predicted octanol–water partition coefficient (Wildman–Crippen LogP) is 2.84. The molecule has 136 valence electrons. The van der Waals surface area contributed by atoms with Crippen molar-refractivity contribution in [2.24, 2.45) is 29.1 Å². The van der Waals surface area contributed by atoms with Gasteiger partial charge in [0.2, 0.25) is 0 Å². The molecule has 7 atom stereocenters. The van der Waals surface area contributed by atoms with Gasteiger partial charge in [-0.3, -0.25) is 9.59 Å². The third-order valence-corrected chi connectivity index (χ3v) is 6.47. The fourth-order valence-corrected chi connectivity index (χ4v) is 4.76. The van der Waals surface area contributed by atoms with E-state index in [1.807, 2.05) is 13.0 Å². The summed E-state index contributed by atoms with van der Waals surface area (Å²) in [5, 5.41) is 0. The molecule has 0 aromatic rings. The molecule has 0 radical (unpaired) electrons. The standard InChI is InChI=1S/C20H26O5/c1-6-10(2)18(22)25-17-16-12(4)19(23)24-14(16)9-11(3)13-7-8-15(21)20(13,17)5/h6-8,11-14,16-17H,9H2,1-5H3/t11-,12+,13+,14-,16-,17+,20+/m1/s1. The first-order valence-electron chi connectivity index (χ1n) is 8.98. The minimum atomic E-state index is -0.856. The summed E-state index contributed by atoms with van der Waals surface area (Å²) in [6.07, 6.45) is 4.91. The van der Waals surface area contributed by atoms with Crippen LogP contribution in [0.4, 0.5) is 0 Å². The first kappa shape index (κ1) is 17.9. The maximum absolute atomic E-state index is 12.8. The maximum atomic E-state index is 12.8. The minimum Gasteiger partial charge on any atom is -0.462 e. The molecule has 1 aliphatic heterocycles. The normalized spacial score (nSPS) is 43.3. The smallest absolute Gasteiger partial charge is 0.333 e. The number of fused-ring (bicyclic) bond motifs is 2. The number of carbonyl (C=O) groups excluding carboxylic acids is 3. The van der Waals surface area contributed by atoms with Gasteiger partial charge in [-0.25, -0.2) is 4.79 Å². The second-order valence-electron chi connectivity index (χ2n) is 7.88. The lowest BCUT2D eigenvalue weighted by molar-refractivity contribution is -0.163. The number of allylic oxidation sites excluding steroid dienone is 3. The average Bonchev–Trinajstić information content (AvgIpc) is 2.99. The largest absolute Gasteiger partial charge is 0.462 e. The van der Waals surface area contributed by atoms with Gasteiger partial charge in [-0.1, -0.05) is 26.0 Å². The molecule has 5 heteroatoms. The Bertz CT molecular complexity index is 676. The molecule has 1 heterocycles. The van der Waals surface area contributed by atoms with Crippen molar-refractivity contribution in [2.45, 2.75) is 53.2 Å². The molecule has 0 N–H and O–H groups in total. The molecule has 0 bridgehead atoms. The molecule has 0 unspecified atom stereocenters. The summed E-state index contributed by atoms with van der Waals surface area (Å²) in [6.45, 7) is 9.20. The molecule has 3 rings (SSSR count).